The summed E-state index contributed by atoms with van der Waals surface area (Å²) >= 11 is 5.67. The van der Waals surface area contributed by atoms with Crippen LogP contribution in [0.5, 0.6) is 0 Å². The minimum absolute atomic E-state index is 0.0746. The summed E-state index contributed by atoms with van der Waals surface area (Å²) in [6.45, 7) is 2.06. The van der Waals surface area contributed by atoms with Crippen LogP contribution in [-0.2, 0) is 0 Å². The molecule has 1 aromatic heterocycles. The van der Waals surface area contributed by atoms with Crippen molar-refractivity contribution in [3.63, 3.8) is 0 Å². The van der Waals surface area contributed by atoms with Crippen molar-refractivity contribution in [1.29, 1.82) is 0 Å². The highest BCUT2D eigenvalue weighted by Crippen LogP contribution is 2.19. The molecule has 0 N–H and O–H groups in total. The molecule has 0 aliphatic rings. The Kier molecular flexibility index (Phi) is 5.46. The number of fused-ring (bicyclic) bond motifs is 1. The van der Waals surface area contributed by atoms with Gasteiger partial charge in [-0.3, -0.25) is 9.36 Å². The number of hydrogen-bond donors (Lipinski definition) is 0. The fourth-order valence-electron chi connectivity index (χ4n) is 2.97. The van der Waals surface area contributed by atoms with Crippen LogP contribution in [0, 0.1) is 10.5 Å². The van der Waals surface area contributed by atoms with Crippen LogP contribution in [0.4, 0.5) is 0 Å². The van der Waals surface area contributed by atoms with Crippen molar-refractivity contribution in [3.8, 4) is 5.69 Å². The first-order valence-corrected chi connectivity index (χ1v) is 10.6. The van der Waals surface area contributed by atoms with Gasteiger partial charge in [-0.15, -0.1) is 0 Å². The van der Waals surface area contributed by atoms with E-state index in [2.05, 4.69) is 69.7 Å². The van der Waals surface area contributed by atoms with Gasteiger partial charge < -0.3 is 0 Å². The standard InChI is InChI=1S/C23H16BrIN2O/c1-15-2-4-16(5-3-15)6-13-22-26-21-12-9-18(25)14-20(21)23(28)27(22)19-10-7-17(24)8-11-19/h2-14H,1H3. The molecule has 4 aromatic rings. The lowest BCUT2D eigenvalue weighted by Crippen LogP contribution is -2.22. The lowest BCUT2D eigenvalue weighted by molar-refractivity contribution is 0.943. The second kappa shape index (κ2) is 8.01. The van der Waals surface area contributed by atoms with Gasteiger partial charge in [0.05, 0.1) is 16.6 Å². The van der Waals surface area contributed by atoms with E-state index >= 15 is 0 Å². The fourth-order valence-corrected chi connectivity index (χ4v) is 3.73. The van der Waals surface area contributed by atoms with Gasteiger partial charge in [-0.2, -0.15) is 0 Å². The van der Waals surface area contributed by atoms with Crippen LogP contribution in [0.3, 0.4) is 0 Å². The Morgan fingerprint density at radius 3 is 2.39 bits per heavy atom. The van der Waals surface area contributed by atoms with Gasteiger partial charge in [0, 0.05) is 8.04 Å². The van der Waals surface area contributed by atoms with Crippen molar-refractivity contribution >= 4 is 61.6 Å². The molecular formula is C23H16BrIN2O. The molecule has 0 atom stereocenters. The third-order valence-corrected chi connectivity index (χ3v) is 5.64. The first kappa shape index (κ1) is 19.1. The smallest absolute Gasteiger partial charge is 0.266 e. The largest absolute Gasteiger partial charge is 0.268 e. The molecule has 0 saturated heterocycles. The van der Waals surface area contributed by atoms with Gasteiger partial charge >= 0.3 is 0 Å². The zero-order valence-electron chi connectivity index (χ0n) is 15.1. The molecule has 0 fully saturated rings. The number of aryl methyl sites for hydroxylation is 1. The van der Waals surface area contributed by atoms with Crippen LogP contribution in [-0.4, -0.2) is 9.55 Å². The van der Waals surface area contributed by atoms with Gasteiger partial charge in [-0.05, 0) is 83.6 Å². The first-order chi connectivity index (χ1) is 13.5. The molecular weight excluding hydrogens is 527 g/mol. The summed E-state index contributed by atoms with van der Waals surface area (Å²) in [5.41, 5.74) is 3.68. The third kappa shape index (κ3) is 3.95. The number of hydrogen-bond acceptors (Lipinski definition) is 2. The van der Waals surface area contributed by atoms with Crippen molar-refractivity contribution in [2.45, 2.75) is 6.92 Å². The zero-order chi connectivity index (χ0) is 19.7. The van der Waals surface area contributed by atoms with Crippen molar-refractivity contribution < 1.29 is 0 Å². The van der Waals surface area contributed by atoms with E-state index in [1.807, 2.05) is 54.6 Å². The number of aromatic nitrogens is 2. The number of halogens is 2. The molecule has 3 aromatic carbocycles. The Hall–Kier alpha value is -2.25. The minimum Gasteiger partial charge on any atom is -0.268 e. The van der Waals surface area contributed by atoms with Gasteiger partial charge in [-0.25, -0.2) is 4.98 Å². The predicted octanol–water partition coefficient (Wildman–Crippen LogP) is 6.23. The van der Waals surface area contributed by atoms with Crippen molar-refractivity contribution in [1.82, 2.24) is 9.55 Å². The van der Waals surface area contributed by atoms with E-state index in [1.54, 1.807) is 4.57 Å². The maximum absolute atomic E-state index is 13.3. The lowest BCUT2D eigenvalue weighted by atomic mass is 10.1. The minimum atomic E-state index is -0.0746. The Labute approximate surface area is 185 Å². The van der Waals surface area contributed by atoms with E-state index in [0.29, 0.717) is 16.7 Å². The first-order valence-electron chi connectivity index (χ1n) is 8.74. The number of rotatable bonds is 3. The summed E-state index contributed by atoms with van der Waals surface area (Å²) in [6, 6.07) is 21.7. The molecule has 0 radical (unpaired) electrons. The molecule has 0 unspecified atom stereocenters. The van der Waals surface area contributed by atoms with Crippen LogP contribution in [0.25, 0.3) is 28.7 Å². The molecule has 138 valence electrons. The van der Waals surface area contributed by atoms with Gasteiger partial charge in [0.2, 0.25) is 0 Å². The third-order valence-electron chi connectivity index (χ3n) is 4.44. The van der Waals surface area contributed by atoms with E-state index in [9.17, 15) is 4.79 Å². The number of nitrogens with zero attached hydrogens (tertiary/aromatic N) is 2. The number of benzene rings is 3. The molecule has 28 heavy (non-hydrogen) atoms. The molecule has 1 heterocycles. The maximum Gasteiger partial charge on any atom is 0.266 e. The van der Waals surface area contributed by atoms with Crippen LogP contribution < -0.4 is 5.56 Å². The summed E-state index contributed by atoms with van der Waals surface area (Å²) in [4.78, 5) is 18.1. The topological polar surface area (TPSA) is 34.9 Å². The summed E-state index contributed by atoms with van der Waals surface area (Å²) in [6.07, 6.45) is 3.88. The summed E-state index contributed by atoms with van der Waals surface area (Å²) in [7, 11) is 0. The zero-order valence-corrected chi connectivity index (χ0v) is 18.8. The second-order valence-electron chi connectivity index (χ2n) is 6.49. The maximum atomic E-state index is 13.3. The highest BCUT2D eigenvalue weighted by Gasteiger charge is 2.11. The fraction of sp³-hybridized carbons (Fsp3) is 0.0435. The normalized spacial score (nSPS) is 11.4. The molecule has 4 rings (SSSR count). The molecule has 0 bridgehead atoms. The Bertz CT molecular complexity index is 1240. The van der Waals surface area contributed by atoms with Gasteiger partial charge in [0.25, 0.3) is 5.56 Å². The molecule has 0 aliphatic carbocycles. The summed E-state index contributed by atoms with van der Waals surface area (Å²) in [5.74, 6) is 0.599. The SMILES string of the molecule is Cc1ccc(C=Cc2nc3ccc(I)cc3c(=O)n2-c2ccc(Br)cc2)cc1. The Balaban J connectivity index is 1.93. The molecule has 5 heteroatoms. The average molecular weight is 543 g/mol. The van der Waals surface area contributed by atoms with Gasteiger partial charge in [0.1, 0.15) is 5.82 Å². The van der Waals surface area contributed by atoms with Crippen LogP contribution in [0.15, 0.2) is 76.0 Å². The molecule has 0 aliphatic heterocycles. The predicted molar refractivity (Wildman–Crippen MR) is 128 cm³/mol. The molecule has 0 saturated carbocycles. The van der Waals surface area contributed by atoms with Gasteiger partial charge in [-0.1, -0.05) is 51.8 Å². The van der Waals surface area contributed by atoms with Gasteiger partial charge in [0.15, 0.2) is 0 Å². The average Bonchev–Trinajstić information content (AvgIpc) is 2.69. The van der Waals surface area contributed by atoms with Crippen molar-refractivity contribution in [3.05, 3.63) is 102 Å². The highest BCUT2D eigenvalue weighted by molar-refractivity contribution is 14.1. The molecule has 3 nitrogen and oxygen atoms in total. The van der Waals surface area contributed by atoms with E-state index < -0.39 is 0 Å². The Morgan fingerprint density at radius 2 is 1.68 bits per heavy atom. The quantitative estimate of drug-likeness (QED) is 0.288. The second-order valence-corrected chi connectivity index (χ2v) is 8.65. The van der Waals surface area contributed by atoms with Crippen LogP contribution in [0.1, 0.15) is 17.0 Å². The van der Waals surface area contributed by atoms with Crippen LogP contribution in [0.2, 0.25) is 0 Å². The van der Waals surface area contributed by atoms with E-state index in [1.165, 1.54) is 5.56 Å². The summed E-state index contributed by atoms with van der Waals surface area (Å²) in [5, 5.41) is 0.613. The highest BCUT2D eigenvalue weighted by atomic mass is 127. The van der Waals surface area contributed by atoms with Crippen LogP contribution >= 0.6 is 38.5 Å². The van der Waals surface area contributed by atoms with E-state index in [0.717, 1.165) is 19.3 Å². The monoisotopic (exact) mass is 542 g/mol. The van der Waals surface area contributed by atoms with Crippen molar-refractivity contribution in [2.24, 2.45) is 0 Å². The molecule has 0 amide bonds. The van der Waals surface area contributed by atoms with E-state index in [-0.39, 0.29) is 5.56 Å². The molecule has 0 spiro atoms. The van der Waals surface area contributed by atoms with E-state index in [4.69, 9.17) is 4.98 Å². The summed E-state index contributed by atoms with van der Waals surface area (Å²) < 4.78 is 3.63. The van der Waals surface area contributed by atoms with Crippen molar-refractivity contribution in [2.75, 3.05) is 0 Å². The Morgan fingerprint density at radius 1 is 0.964 bits per heavy atom. The lowest BCUT2D eigenvalue weighted by Gasteiger charge is -2.12.